The lowest BCUT2D eigenvalue weighted by molar-refractivity contribution is -0.121. The van der Waals surface area contributed by atoms with E-state index in [0.717, 1.165) is 28.4 Å². The van der Waals surface area contributed by atoms with Crippen LogP contribution in [0.5, 0.6) is 0 Å². The third-order valence-electron chi connectivity index (χ3n) is 3.11. The lowest BCUT2D eigenvalue weighted by Crippen LogP contribution is -2.24. The van der Waals surface area contributed by atoms with Crippen LogP contribution in [0.3, 0.4) is 0 Å². The third-order valence-corrected chi connectivity index (χ3v) is 4.33. The van der Waals surface area contributed by atoms with E-state index in [4.69, 9.17) is 0 Å². The summed E-state index contributed by atoms with van der Waals surface area (Å²) in [7, 11) is 0. The molecule has 2 aromatic rings. The maximum absolute atomic E-state index is 11.9. The van der Waals surface area contributed by atoms with E-state index in [1.807, 2.05) is 13.8 Å². The van der Waals surface area contributed by atoms with Gasteiger partial charge in [-0.25, -0.2) is 9.67 Å². The Kier molecular flexibility index (Phi) is 5.38. The molecule has 21 heavy (non-hydrogen) atoms. The van der Waals surface area contributed by atoms with Gasteiger partial charge < -0.3 is 5.32 Å². The number of nitrogens with one attached hydrogen (secondary N) is 1. The molecule has 2 heterocycles. The minimum atomic E-state index is -0.00487. The molecule has 0 saturated carbocycles. The maximum atomic E-state index is 11.9. The number of thiazole rings is 1. The van der Waals surface area contributed by atoms with Crippen molar-refractivity contribution in [1.82, 2.24) is 30.5 Å². The van der Waals surface area contributed by atoms with Gasteiger partial charge >= 0.3 is 0 Å². The fraction of sp³-hybridized carbons (Fsp3) is 0.615. The van der Waals surface area contributed by atoms with Crippen LogP contribution in [0.2, 0.25) is 0 Å². The largest absolute Gasteiger partial charge is 0.351 e. The van der Waals surface area contributed by atoms with Crippen LogP contribution in [0.25, 0.3) is 0 Å². The number of hydrogen-bond acceptors (Lipinski definition) is 6. The van der Waals surface area contributed by atoms with E-state index in [-0.39, 0.29) is 5.91 Å². The molecule has 0 aliphatic rings. The average Bonchev–Trinajstić information content (AvgIpc) is 3.01. The van der Waals surface area contributed by atoms with Crippen molar-refractivity contribution >= 4 is 17.2 Å². The minimum absolute atomic E-state index is 0.00487. The molecule has 0 radical (unpaired) electrons. The summed E-state index contributed by atoms with van der Waals surface area (Å²) in [5.41, 5.74) is 1.01. The first-order valence-corrected chi connectivity index (χ1v) is 7.86. The van der Waals surface area contributed by atoms with Gasteiger partial charge in [0.2, 0.25) is 5.91 Å². The number of tetrazole rings is 1. The molecule has 0 aliphatic carbocycles. The van der Waals surface area contributed by atoms with Gasteiger partial charge in [-0.15, -0.1) is 16.4 Å². The maximum Gasteiger partial charge on any atom is 0.222 e. The summed E-state index contributed by atoms with van der Waals surface area (Å²) in [6.07, 6.45) is 2.45. The van der Waals surface area contributed by atoms with Crippen molar-refractivity contribution in [1.29, 1.82) is 0 Å². The van der Waals surface area contributed by atoms with Gasteiger partial charge in [-0.05, 0) is 37.1 Å². The Morgan fingerprint density at radius 2 is 2.19 bits per heavy atom. The summed E-state index contributed by atoms with van der Waals surface area (Å²) in [4.78, 5) is 17.5. The van der Waals surface area contributed by atoms with Gasteiger partial charge in [0.05, 0.1) is 23.8 Å². The van der Waals surface area contributed by atoms with Gasteiger partial charge in [-0.1, -0.05) is 6.92 Å². The lowest BCUT2D eigenvalue weighted by Gasteiger charge is -2.04. The first-order chi connectivity index (χ1) is 10.1. The zero-order chi connectivity index (χ0) is 15.2. The summed E-state index contributed by atoms with van der Waals surface area (Å²) >= 11 is 1.68. The number of nitrogens with zero attached hydrogens (tertiary/aromatic N) is 5. The molecule has 0 spiro atoms. The van der Waals surface area contributed by atoms with E-state index in [1.165, 1.54) is 0 Å². The van der Waals surface area contributed by atoms with Gasteiger partial charge in [-0.2, -0.15) is 0 Å². The van der Waals surface area contributed by atoms with Crippen molar-refractivity contribution in [2.45, 2.75) is 53.1 Å². The molecule has 0 fully saturated rings. The van der Waals surface area contributed by atoms with E-state index in [0.29, 0.717) is 25.3 Å². The number of rotatable bonds is 7. The third kappa shape index (κ3) is 4.32. The Balaban J connectivity index is 1.80. The van der Waals surface area contributed by atoms with Crippen molar-refractivity contribution in [3.63, 3.8) is 0 Å². The van der Waals surface area contributed by atoms with Crippen LogP contribution in [0, 0.1) is 13.8 Å². The molecule has 0 aromatic carbocycles. The summed E-state index contributed by atoms with van der Waals surface area (Å²) in [6.45, 7) is 6.97. The number of hydrogen-bond donors (Lipinski definition) is 1. The van der Waals surface area contributed by atoms with Crippen LogP contribution in [-0.2, 0) is 24.3 Å². The Hall–Kier alpha value is -1.83. The van der Waals surface area contributed by atoms with E-state index < -0.39 is 0 Å². The van der Waals surface area contributed by atoms with Gasteiger partial charge in [-0.3, -0.25) is 4.79 Å². The van der Waals surface area contributed by atoms with E-state index in [1.54, 1.807) is 16.0 Å². The lowest BCUT2D eigenvalue weighted by atomic mass is 10.3. The summed E-state index contributed by atoms with van der Waals surface area (Å²) in [6, 6.07) is 0. The van der Waals surface area contributed by atoms with E-state index in [2.05, 4.69) is 32.7 Å². The fourth-order valence-corrected chi connectivity index (χ4v) is 3.01. The molecule has 8 heteroatoms. The molecule has 2 aromatic heterocycles. The Morgan fingerprint density at radius 1 is 1.38 bits per heavy atom. The summed E-state index contributed by atoms with van der Waals surface area (Å²) < 4.78 is 1.62. The molecule has 1 N–H and O–H groups in total. The van der Waals surface area contributed by atoms with Crippen LogP contribution in [-0.4, -0.2) is 31.1 Å². The molecule has 1 amide bonds. The second kappa shape index (κ2) is 7.26. The van der Waals surface area contributed by atoms with Crippen molar-refractivity contribution in [3.8, 4) is 0 Å². The van der Waals surface area contributed by atoms with Gasteiger partial charge in [0, 0.05) is 11.3 Å². The number of aryl methyl sites for hydroxylation is 4. The highest BCUT2D eigenvalue weighted by molar-refractivity contribution is 7.11. The molecule has 114 valence electrons. The van der Waals surface area contributed by atoms with Crippen LogP contribution in [0.4, 0.5) is 0 Å². The highest BCUT2D eigenvalue weighted by Gasteiger charge is 2.09. The number of aromatic nitrogens is 5. The monoisotopic (exact) mass is 308 g/mol. The molecular weight excluding hydrogens is 288 g/mol. The van der Waals surface area contributed by atoms with Crippen molar-refractivity contribution in [2.24, 2.45) is 0 Å². The standard InChI is InChI=1S/C13H20N6OS/c1-4-5-13-15-9(2)11(21-13)8-14-12(20)6-7-19-10(3)16-17-18-19/h4-8H2,1-3H3,(H,14,20). The van der Waals surface area contributed by atoms with Gasteiger partial charge in [0.1, 0.15) is 5.82 Å². The first kappa shape index (κ1) is 15.6. The predicted molar refractivity (Wildman–Crippen MR) is 79.9 cm³/mol. The first-order valence-electron chi connectivity index (χ1n) is 7.04. The summed E-state index contributed by atoms with van der Waals surface area (Å²) in [5, 5.41) is 15.2. The molecular formula is C13H20N6OS. The fourth-order valence-electron chi connectivity index (χ4n) is 1.90. The van der Waals surface area contributed by atoms with Gasteiger partial charge in [0.25, 0.3) is 0 Å². The van der Waals surface area contributed by atoms with E-state index in [9.17, 15) is 4.79 Å². The molecule has 0 saturated heterocycles. The molecule has 0 aliphatic heterocycles. The molecule has 0 bridgehead atoms. The van der Waals surface area contributed by atoms with Crippen molar-refractivity contribution in [2.75, 3.05) is 0 Å². The second-order valence-electron chi connectivity index (χ2n) is 4.84. The van der Waals surface area contributed by atoms with Crippen molar-refractivity contribution in [3.05, 3.63) is 21.4 Å². The van der Waals surface area contributed by atoms with Crippen LogP contribution >= 0.6 is 11.3 Å². The van der Waals surface area contributed by atoms with Crippen LogP contribution < -0.4 is 5.32 Å². The Bertz CT molecular complexity index is 606. The zero-order valence-electron chi connectivity index (χ0n) is 12.6. The number of amides is 1. The Labute approximate surface area is 127 Å². The van der Waals surface area contributed by atoms with Crippen LogP contribution in [0.15, 0.2) is 0 Å². The summed E-state index contributed by atoms with van der Waals surface area (Å²) in [5.74, 6) is 0.708. The zero-order valence-corrected chi connectivity index (χ0v) is 13.4. The average molecular weight is 308 g/mol. The normalized spacial score (nSPS) is 10.8. The van der Waals surface area contributed by atoms with Gasteiger partial charge in [0.15, 0.2) is 0 Å². The number of carbonyl (C=O) groups is 1. The smallest absolute Gasteiger partial charge is 0.222 e. The van der Waals surface area contributed by atoms with E-state index >= 15 is 0 Å². The predicted octanol–water partition coefficient (Wildman–Crippen LogP) is 1.41. The molecule has 7 nitrogen and oxygen atoms in total. The molecule has 0 unspecified atom stereocenters. The minimum Gasteiger partial charge on any atom is -0.351 e. The van der Waals surface area contributed by atoms with Crippen molar-refractivity contribution < 1.29 is 4.79 Å². The Morgan fingerprint density at radius 3 is 2.86 bits per heavy atom. The quantitative estimate of drug-likeness (QED) is 0.835. The molecule has 2 rings (SSSR count). The second-order valence-corrected chi connectivity index (χ2v) is 6.01. The highest BCUT2D eigenvalue weighted by Crippen LogP contribution is 2.19. The SMILES string of the molecule is CCCc1nc(C)c(CNC(=O)CCn2nnnc2C)s1. The number of carbonyl (C=O) groups excluding carboxylic acids is 1. The molecule has 0 atom stereocenters. The highest BCUT2D eigenvalue weighted by atomic mass is 32.1. The topological polar surface area (TPSA) is 85.6 Å². The van der Waals surface area contributed by atoms with Crippen LogP contribution in [0.1, 0.15) is 41.2 Å².